The van der Waals surface area contributed by atoms with E-state index in [9.17, 15) is 0 Å². The lowest BCUT2D eigenvalue weighted by Gasteiger charge is -2.50. The van der Waals surface area contributed by atoms with Gasteiger partial charge in [-0.1, -0.05) is 200 Å². The second kappa shape index (κ2) is 14.6. The second-order valence-electron chi connectivity index (χ2n) is 16.6. The molecule has 1 aliphatic heterocycles. The molecule has 0 bridgehead atoms. The Labute approximate surface area is 366 Å². The number of nitrogens with zero attached hydrogens (tertiary/aromatic N) is 4. The fraction of sp³-hybridized carbons (Fsp3) is 0.0690. The molecule has 7 aromatic carbocycles. The summed E-state index contributed by atoms with van der Waals surface area (Å²) in [6.07, 6.45) is 7.42. The number of hydrogen-bond donors (Lipinski definition) is 0. The van der Waals surface area contributed by atoms with Gasteiger partial charge in [0.1, 0.15) is 11.4 Å². The molecule has 63 heavy (non-hydrogen) atoms. The first kappa shape index (κ1) is 36.8. The van der Waals surface area contributed by atoms with E-state index in [2.05, 4.69) is 165 Å². The molecular weight excluding hydrogens is 769 g/mol. The first-order chi connectivity index (χ1) is 31.1. The third-order valence-corrected chi connectivity index (χ3v) is 13.0. The maximum absolute atomic E-state index is 7.34. The Hall–Kier alpha value is -8.02. The van der Waals surface area contributed by atoms with Crippen LogP contribution in [0, 0.1) is 0 Å². The van der Waals surface area contributed by atoms with Crippen molar-refractivity contribution >= 4 is 0 Å². The van der Waals surface area contributed by atoms with Gasteiger partial charge in [0, 0.05) is 39.8 Å². The predicted octanol–water partition coefficient (Wildman–Crippen LogP) is 13.6. The van der Waals surface area contributed by atoms with E-state index in [-0.39, 0.29) is 0 Å². The lowest BCUT2D eigenvalue weighted by Crippen LogP contribution is -2.50. The quantitative estimate of drug-likeness (QED) is 0.167. The van der Waals surface area contributed by atoms with Crippen LogP contribution in [0.4, 0.5) is 0 Å². The summed E-state index contributed by atoms with van der Waals surface area (Å²) in [6.45, 7) is 2.23. The van der Waals surface area contributed by atoms with Gasteiger partial charge in [-0.15, -0.1) is 0 Å². The van der Waals surface area contributed by atoms with Gasteiger partial charge in [0.05, 0.1) is 22.4 Å². The van der Waals surface area contributed by atoms with Crippen LogP contribution in [-0.2, 0) is 5.41 Å². The van der Waals surface area contributed by atoms with E-state index in [1.165, 1.54) is 27.8 Å². The van der Waals surface area contributed by atoms with Crippen molar-refractivity contribution in [2.24, 2.45) is 0 Å². The molecule has 3 aliphatic rings. The van der Waals surface area contributed by atoms with Gasteiger partial charge in [-0.05, 0) is 52.4 Å². The average molecular weight is 809 g/mol. The maximum Gasteiger partial charge on any atom is 0.167 e. The lowest BCUT2D eigenvalue weighted by molar-refractivity contribution is 0.103. The zero-order chi connectivity index (χ0) is 42.0. The normalized spacial score (nSPS) is 16.3. The van der Waals surface area contributed by atoms with Gasteiger partial charge in [-0.3, -0.25) is 0 Å². The zero-order valence-corrected chi connectivity index (χ0v) is 34.6. The van der Waals surface area contributed by atoms with Crippen LogP contribution in [0.1, 0.15) is 30.0 Å². The maximum atomic E-state index is 7.34. The molecule has 0 amide bonds. The van der Waals surface area contributed by atoms with Gasteiger partial charge in [-0.25, -0.2) is 19.9 Å². The van der Waals surface area contributed by atoms with Crippen molar-refractivity contribution in [2.45, 2.75) is 24.4 Å². The van der Waals surface area contributed by atoms with Crippen LogP contribution in [0.5, 0.6) is 5.75 Å². The summed E-state index contributed by atoms with van der Waals surface area (Å²) in [4.78, 5) is 20.9. The van der Waals surface area contributed by atoms with E-state index >= 15 is 0 Å². The van der Waals surface area contributed by atoms with E-state index < -0.39 is 11.0 Å². The van der Waals surface area contributed by atoms with Crippen molar-refractivity contribution in [2.75, 3.05) is 0 Å². The van der Waals surface area contributed by atoms with Crippen molar-refractivity contribution in [1.82, 2.24) is 19.9 Å². The van der Waals surface area contributed by atoms with Gasteiger partial charge >= 0.3 is 0 Å². The fourth-order valence-corrected chi connectivity index (χ4v) is 10.1. The number of allylic oxidation sites excluding steroid dienone is 2. The van der Waals surface area contributed by atoms with Crippen LogP contribution < -0.4 is 4.74 Å². The highest BCUT2D eigenvalue weighted by molar-refractivity contribution is 5.90. The molecule has 0 saturated carbocycles. The third-order valence-electron chi connectivity index (χ3n) is 13.0. The smallest absolute Gasteiger partial charge is 0.167 e. The first-order valence-corrected chi connectivity index (χ1v) is 21.5. The van der Waals surface area contributed by atoms with Crippen LogP contribution in [0.3, 0.4) is 0 Å². The van der Waals surface area contributed by atoms with Crippen molar-refractivity contribution in [3.63, 3.8) is 0 Å². The monoisotopic (exact) mass is 808 g/mol. The van der Waals surface area contributed by atoms with Crippen LogP contribution >= 0.6 is 0 Å². The van der Waals surface area contributed by atoms with E-state index in [4.69, 9.17) is 24.7 Å². The average Bonchev–Trinajstić information content (AvgIpc) is 3.64. The Morgan fingerprint density at radius 1 is 0.413 bits per heavy atom. The van der Waals surface area contributed by atoms with Gasteiger partial charge in [0.15, 0.2) is 17.5 Å². The summed E-state index contributed by atoms with van der Waals surface area (Å²) in [5, 5.41) is 0. The fourth-order valence-electron chi connectivity index (χ4n) is 10.1. The Bertz CT molecular complexity index is 3240. The van der Waals surface area contributed by atoms with Crippen molar-refractivity contribution in [3.8, 4) is 84.7 Å². The molecule has 2 aliphatic carbocycles. The zero-order valence-electron chi connectivity index (χ0n) is 34.6. The van der Waals surface area contributed by atoms with Crippen LogP contribution in [0.15, 0.2) is 218 Å². The van der Waals surface area contributed by atoms with Crippen molar-refractivity contribution in [3.05, 3.63) is 235 Å². The van der Waals surface area contributed by atoms with Crippen molar-refractivity contribution < 1.29 is 4.74 Å². The molecule has 1 spiro atoms. The highest BCUT2D eigenvalue weighted by Gasteiger charge is 2.57. The third kappa shape index (κ3) is 5.84. The van der Waals surface area contributed by atoms with Crippen LogP contribution in [0.25, 0.3) is 78.9 Å². The summed E-state index contributed by atoms with van der Waals surface area (Å²) < 4.78 is 7.34. The van der Waals surface area contributed by atoms with Crippen LogP contribution in [0.2, 0.25) is 0 Å². The molecular formula is C58H40N4O. The van der Waals surface area contributed by atoms with Gasteiger partial charge in [0.25, 0.3) is 0 Å². The van der Waals surface area contributed by atoms with Gasteiger partial charge in [-0.2, -0.15) is 0 Å². The summed E-state index contributed by atoms with van der Waals surface area (Å²) in [6, 6.07) is 67.8. The molecule has 0 radical (unpaired) electrons. The van der Waals surface area contributed by atoms with Crippen molar-refractivity contribution in [1.29, 1.82) is 0 Å². The Morgan fingerprint density at radius 2 is 0.937 bits per heavy atom. The molecule has 1 atom stereocenters. The topological polar surface area (TPSA) is 60.8 Å². The standard InChI is InChI=1S/C58H40N4O/c1-57-37-16-15-30-51(57)58(47-27-13-11-24-44(47)45-25-12-14-28-48(45)58)49-29-17-26-46(53(49)63-57)56-61-54(41-22-9-4-10-23-41)60-55(62-56)42-33-31-38(32-34-42)43-35-36-50(39-18-5-2-6-19-39)59-52(43)40-20-7-3-8-21-40/h2-36H,37H2,1H3. The number of ether oxygens (including phenoxy) is 1. The Balaban J connectivity index is 1.02. The SMILES string of the molecule is CC12CC=CC=C1C1(c3ccccc3-c3ccccc31)c1cccc(-c3nc(-c4ccccc4)nc(-c4ccc(-c5ccc(-c6ccccc6)nc5-c5ccccc5)cc4)n3)c1O2. The highest BCUT2D eigenvalue weighted by Crippen LogP contribution is 2.64. The van der Waals surface area contributed by atoms with E-state index in [1.807, 2.05) is 54.6 Å². The number of rotatable bonds is 6. The second-order valence-corrected chi connectivity index (χ2v) is 16.6. The first-order valence-electron chi connectivity index (χ1n) is 21.5. The lowest BCUT2D eigenvalue weighted by atomic mass is 9.59. The summed E-state index contributed by atoms with van der Waals surface area (Å²) in [5.74, 6) is 2.53. The van der Waals surface area contributed by atoms with Crippen LogP contribution in [-0.4, -0.2) is 25.5 Å². The summed E-state index contributed by atoms with van der Waals surface area (Å²) in [7, 11) is 0. The minimum Gasteiger partial charge on any atom is -0.482 e. The molecule has 5 nitrogen and oxygen atoms in total. The number of benzene rings is 7. The minimum atomic E-state index is -0.622. The van der Waals surface area contributed by atoms with E-state index in [1.54, 1.807) is 0 Å². The Kier molecular flexibility index (Phi) is 8.51. The molecule has 0 saturated heterocycles. The van der Waals surface area contributed by atoms with E-state index in [0.29, 0.717) is 17.5 Å². The summed E-state index contributed by atoms with van der Waals surface area (Å²) in [5.41, 5.74) is 14.9. The molecule has 0 fully saturated rings. The number of pyridine rings is 1. The largest absolute Gasteiger partial charge is 0.482 e. The predicted molar refractivity (Wildman–Crippen MR) is 253 cm³/mol. The number of aromatic nitrogens is 4. The molecule has 1 unspecified atom stereocenters. The molecule has 3 heterocycles. The van der Waals surface area contributed by atoms with Gasteiger partial charge < -0.3 is 4.74 Å². The van der Waals surface area contributed by atoms with Gasteiger partial charge in [0.2, 0.25) is 0 Å². The number of para-hydroxylation sites is 1. The summed E-state index contributed by atoms with van der Waals surface area (Å²) >= 11 is 0. The van der Waals surface area contributed by atoms with E-state index in [0.717, 1.165) is 68.1 Å². The molecule has 5 heteroatoms. The molecule has 298 valence electrons. The molecule has 12 rings (SSSR count). The molecule has 0 N–H and O–H groups in total. The molecule has 9 aromatic rings. The molecule has 2 aromatic heterocycles. The Morgan fingerprint density at radius 3 is 1.60 bits per heavy atom. The highest BCUT2D eigenvalue weighted by atomic mass is 16.5. The minimum absolute atomic E-state index is 0.559. The number of hydrogen-bond acceptors (Lipinski definition) is 5. The number of fused-ring (bicyclic) bond motifs is 9.